The van der Waals surface area contributed by atoms with E-state index < -0.39 is 5.97 Å². The van der Waals surface area contributed by atoms with Crippen molar-refractivity contribution in [2.45, 2.75) is 6.42 Å². The lowest BCUT2D eigenvalue weighted by Crippen LogP contribution is -2.14. The maximum atomic E-state index is 11.2. The Bertz CT molecular complexity index is 378. The van der Waals surface area contributed by atoms with Crippen LogP contribution >= 0.6 is 11.8 Å². The molecule has 0 aliphatic carbocycles. The van der Waals surface area contributed by atoms with Gasteiger partial charge in [-0.05, 0) is 18.4 Å². The Labute approximate surface area is 97.3 Å². The minimum absolute atomic E-state index is 0.0970. The fraction of sp³-hybridized carbons (Fsp3) is 0.300. The van der Waals surface area contributed by atoms with Crippen molar-refractivity contribution >= 4 is 29.3 Å². The third-order valence-electron chi connectivity index (χ3n) is 1.72. The van der Waals surface area contributed by atoms with Gasteiger partial charge in [0.25, 0.3) is 0 Å². The molecular formula is C10H12N2O3S. The van der Waals surface area contributed by atoms with Crippen LogP contribution in [0.2, 0.25) is 0 Å². The number of nitrogens with one attached hydrogen (secondary N) is 1. The molecule has 0 fully saturated rings. The van der Waals surface area contributed by atoms with Crippen molar-refractivity contribution in [3.63, 3.8) is 0 Å². The van der Waals surface area contributed by atoms with Crippen LogP contribution in [-0.2, 0) is 16.0 Å². The van der Waals surface area contributed by atoms with Gasteiger partial charge in [0.1, 0.15) is 0 Å². The van der Waals surface area contributed by atoms with Crippen LogP contribution in [0.5, 0.6) is 0 Å². The third-order valence-corrected chi connectivity index (χ3v) is 2.27. The monoisotopic (exact) mass is 240 g/mol. The van der Waals surface area contributed by atoms with Crippen molar-refractivity contribution in [3.05, 3.63) is 24.0 Å². The summed E-state index contributed by atoms with van der Waals surface area (Å²) in [6.07, 6.45) is 3.18. The molecule has 0 radical (unpaired) electrons. The Morgan fingerprint density at radius 2 is 2.25 bits per heavy atom. The van der Waals surface area contributed by atoms with E-state index in [1.165, 1.54) is 18.0 Å². The second-order valence-electron chi connectivity index (χ2n) is 3.09. The molecule has 1 rings (SSSR count). The maximum Gasteiger partial charge on any atom is 0.309 e. The number of amides is 1. The number of pyridine rings is 1. The third kappa shape index (κ3) is 4.31. The number of aliphatic carboxylic acids is 1. The first-order valence-corrected chi connectivity index (χ1v) is 5.96. The van der Waals surface area contributed by atoms with Crippen LogP contribution in [0.3, 0.4) is 0 Å². The Morgan fingerprint density at radius 3 is 2.75 bits per heavy atom. The molecule has 0 aromatic carbocycles. The number of hydrogen-bond acceptors (Lipinski definition) is 4. The molecule has 0 bridgehead atoms. The maximum absolute atomic E-state index is 11.2. The molecule has 1 amide bonds. The fourth-order valence-corrected chi connectivity index (χ4v) is 1.42. The minimum Gasteiger partial charge on any atom is -0.481 e. The molecule has 1 aromatic heterocycles. The van der Waals surface area contributed by atoms with Gasteiger partial charge < -0.3 is 10.4 Å². The van der Waals surface area contributed by atoms with Gasteiger partial charge in [0.15, 0.2) is 0 Å². The Morgan fingerprint density at radius 1 is 1.50 bits per heavy atom. The van der Waals surface area contributed by atoms with Gasteiger partial charge in [-0.2, -0.15) is 11.8 Å². The number of hydrogen-bond donors (Lipinski definition) is 2. The van der Waals surface area contributed by atoms with Crippen LogP contribution in [0, 0.1) is 0 Å². The number of carbonyl (C=O) groups excluding carboxylic acids is 1. The molecule has 16 heavy (non-hydrogen) atoms. The van der Waals surface area contributed by atoms with E-state index in [0.29, 0.717) is 17.1 Å². The van der Waals surface area contributed by atoms with E-state index in [-0.39, 0.29) is 12.3 Å². The van der Waals surface area contributed by atoms with Gasteiger partial charge in [-0.1, -0.05) is 0 Å². The number of carboxylic acid groups (broad SMARTS) is 1. The van der Waals surface area contributed by atoms with Crippen molar-refractivity contribution in [2.75, 3.05) is 17.3 Å². The predicted molar refractivity (Wildman–Crippen MR) is 62.6 cm³/mol. The highest BCUT2D eigenvalue weighted by molar-refractivity contribution is 7.99. The zero-order chi connectivity index (χ0) is 12.0. The summed E-state index contributed by atoms with van der Waals surface area (Å²) in [6, 6.07) is 3.23. The smallest absolute Gasteiger partial charge is 0.309 e. The average molecular weight is 240 g/mol. The van der Waals surface area contributed by atoms with Gasteiger partial charge in [0.2, 0.25) is 5.91 Å². The molecule has 1 aromatic rings. The van der Waals surface area contributed by atoms with Gasteiger partial charge in [-0.3, -0.25) is 14.6 Å². The summed E-state index contributed by atoms with van der Waals surface area (Å²) in [6.45, 7) is 0. The van der Waals surface area contributed by atoms with Crippen LogP contribution in [0.15, 0.2) is 18.3 Å². The number of anilines is 1. The molecule has 86 valence electrons. The minimum atomic E-state index is -0.924. The van der Waals surface area contributed by atoms with Crippen LogP contribution in [0.4, 0.5) is 5.69 Å². The highest BCUT2D eigenvalue weighted by Crippen LogP contribution is 2.07. The second kappa shape index (κ2) is 6.12. The Balaban J connectivity index is 2.57. The lowest BCUT2D eigenvalue weighted by Gasteiger charge is -2.04. The van der Waals surface area contributed by atoms with E-state index >= 15 is 0 Å². The Kier molecular flexibility index (Phi) is 4.78. The molecular weight excluding hydrogens is 228 g/mol. The second-order valence-corrected chi connectivity index (χ2v) is 3.96. The zero-order valence-corrected chi connectivity index (χ0v) is 9.58. The molecule has 0 aliphatic heterocycles. The lowest BCUT2D eigenvalue weighted by molar-refractivity contribution is -0.136. The van der Waals surface area contributed by atoms with E-state index in [9.17, 15) is 9.59 Å². The molecule has 2 N–H and O–H groups in total. The molecule has 0 saturated heterocycles. The van der Waals surface area contributed by atoms with E-state index in [4.69, 9.17) is 5.11 Å². The molecule has 0 aliphatic rings. The molecule has 0 spiro atoms. The molecule has 0 unspecified atom stereocenters. The van der Waals surface area contributed by atoms with Crippen molar-refractivity contribution in [2.24, 2.45) is 0 Å². The van der Waals surface area contributed by atoms with E-state index in [0.717, 1.165) is 0 Å². The molecule has 1 heterocycles. The topological polar surface area (TPSA) is 79.3 Å². The van der Waals surface area contributed by atoms with Crippen LogP contribution in [0.1, 0.15) is 5.69 Å². The summed E-state index contributed by atoms with van der Waals surface area (Å²) in [5, 5.41) is 11.2. The fourth-order valence-electron chi connectivity index (χ4n) is 1.09. The number of thioether (sulfide) groups is 1. The van der Waals surface area contributed by atoms with Crippen molar-refractivity contribution in [1.29, 1.82) is 0 Å². The van der Waals surface area contributed by atoms with E-state index in [1.807, 2.05) is 6.26 Å². The first-order valence-electron chi connectivity index (χ1n) is 4.57. The van der Waals surface area contributed by atoms with Crippen molar-refractivity contribution in [1.82, 2.24) is 4.98 Å². The SMILES string of the molecule is CSCC(=O)Nc1ccc(CC(=O)O)nc1. The number of aromatic nitrogens is 1. The number of carboxylic acids is 1. The zero-order valence-electron chi connectivity index (χ0n) is 8.77. The summed E-state index contributed by atoms with van der Waals surface area (Å²) in [4.78, 5) is 25.6. The van der Waals surface area contributed by atoms with Gasteiger partial charge in [0.05, 0.1) is 29.8 Å². The molecule has 0 atom stereocenters. The van der Waals surface area contributed by atoms with Crippen molar-refractivity contribution in [3.8, 4) is 0 Å². The predicted octanol–water partition coefficient (Wildman–Crippen LogP) is 1.01. The molecule has 6 heteroatoms. The summed E-state index contributed by atoms with van der Waals surface area (Å²) in [5.41, 5.74) is 1.04. The van der Waals surface area contributed by atoms with Crippen LogP contribution < -0.4 is 5.32 Å². The summed E-state index contributed by atoms with van der Waals surface area (Å²) in [5.74, 6) is -0.636. The number of nitrogens with zero attached hydrogens (tertiary/aromatic N) is 1. The quantitative estimate of drug-likeness (QED) is 0.803. The normalized spacial score (nSPS) is 9.81. The van der Waals surface area contributed by atoms with Crippen molar-refractivity contribution < 1.29 is 14.7 Å². The Hall–Kier alpha value is -1.56. The highest BCUT2D eigenvalue weighted by Gasteiger charge is 2.03. The number of rotatable bonds is 5. The first-order chi connectivity index (χ1) is 7.61. The van der Waals surface area contributed by atoms with Crippen LogP contribution in [-0.4, -0.2) is 34.0 Å². The standard InChI is InChI=1S/C10H12N2O3S/c1-16-6-9(13)12-8-3-2-7(11-5-8)4-10(14)15/h2-3,5H,4,6H2,1H3,(H,12,13)(H,14,15). The van der Waals surface area contributed by atoms with Gasteiger partial charge in [0, 0.05) is 0 Å². The van der Waals surface area contributed by atoms with E-state index in [1.54, 1.807) is 12.1 Å². The largest absolute Gasteiger partial charge is 0.481 e. The van der Waals surface area contributed by atoms with Crippen LogP contribution in [0.25, 0.3) is 0 Å². The summed E-state index contributed by atoms with van der Waals surface area (Å²) >= 11 is 1.43. The average Bonchev–Trinajstić information content (AvgIpc) is 2.20. The lowest BCUT2D eigenvalue weighted by atomic mass is 10.2. The molecule has 0 saturated carbocycles. The number of carbonyl (C=O) groups is 2. The van der Waals surface area contributed by atoms with E-state index in [2.05, 4.69) is 10.3 Å². The van der Waals surface area contributed by atoms with Gasteiger partial charge in [-0.25, -0.2) is 0 Å². The summed E-state index contributed by atoms with van der Waals surface area (Å²) < 4.78 is 0. The van der Waals surface area contributed by atoms with Gasteiger partial charge in [-0.15, -0.1) is 0 Å². The molecule has 5 nitrogen and oxygen atoms in total. The highest BCUT2D eigenvalue weighted by atomic mass is 32.2. The summed E-state index contributed by atoms with van der Waals surface area (Å²) in [7, 11) is 0. The first kappa shape index (κ1) is 12.5. The van der Waals surface area contributed by atoms with Gasteiger partial charge >= 0.3 is 5.97 Å².